The van der Waals surface area contributed by atoms with Crippen molar-refractivity contribution >= 4 is 17.6 Å². The third-order valence-electron chi connectivity index (χ3n) is 2.97. The number of rotatable bonds is 3. The van der Waals surface area contributed by atoms with Gasteiger partial charge in [-0.3, -0.25) is 4.90 Å². The molecule has 1 amide bonds. The van der Waals surface area contributed by atoms with Crippen LogP contribution in [0.2, 0.25) is 0 Å². The van der Waals surface area contributed by atoms with Gasteiger partial charge in [-0.1, -0.05) is 30.3 Å². The summed E-state index contributed by atoms with van der Waals surface area (Å²) >= 11 is 0. The maximum atomic E-state index is 11.9. The Hall–Kier alpha value is -2.30. The van der Waals surface area contributed by atoms with Crippen LogP contribution in [0.5, 0.6) is 0 Å². The van der Waals surface area contributed by atoms with E-state index in [4.69, 9.17) is 9.47 Å². The van der Waals surface area contributed by atoms with Gasteiger partial charge in [-0.05, 0) is 18.1 Å². The summed E-state index contributed by atoms with van der Waals surface area (Å²) in [7, 11) is 1.29. The molecule has 0 unspecified atom stereocenters. The van der Waals surface area contributed by atoms with E-state index >= 15 is 0 Å². The second-order valence-corrected chi connectivity index (χ2v) is 4.10. The van der Waals surface area contributed by atoms with Crippen LogP contribution in [0.25, 0.3) is 5.57 Å². The van der Waals surface area contributed by atoms with Crippen molar-refractivity contribution in [1.82, 2.24) is 4.90 Å². The quantitative estimate of drug-likeness (QED) is 0.617. The molecule has 1 aliphatic heterocycles. The second kappa shape index (κ2) is 5.56. The number of benzene rings is 1. The standard InChI is InChI=1S/C14H15NO4/c1-10(11-6-4-3-5-7-11)12(13(16)18-2)15-8-9-19-14(15)17/h3-7H,8-9H2,1-2H3/b12-10-. The summed E-state index contributed by atoms with van der Waals surface area (Å²) in [6.45, 7) is 2.42. The summed E-state index contributed by atoms with van der Waals surface area (Å²) in [5.74, 6) is -0.541. The van der Waals surface area contributed by atoms with Crippen molar-refractivity contribution < 1.29 is 19.1 Å². The van der Waals surface area contributed by atoms with Crippen molar-refractivity contribution in [1.29, 1.82) is 0 Å². The molecule has 0 atom stereocenters. The highest BCUT2D eigenvalue weighted by atomic mass is 16.6. The molecule has 0 aliphatic carbocycles. The lowest BCUT2D eigenvalue weighted by Gasteiger charge is -2.18. The predicted molar refractivity (Wildman–Crippen MR) is 69.1 cm³/mol. The molecule has 19 heavy (non-hydrogen) atoms. The highest BCUT2D eigenvalue weighted by Crippen LogP contribution is 2.24. The van der Waals surface area contributed by atoms with Gasteiger partial charge in [-0.25, -0.2) is 9.59 Å². The molecule has 100 valence electrons. The molecule has 1 fully saturated rings. The van der Waals surface area contributed by atoms with E-state index in [-0.39, 0.29) is 12.3 Å². The largest absolute Gasteiger partial charge is 0.464 e. The Morgan fingerprint density at radius 3 is 2.53 bits per heavy atom. The number of carbonyl (C=O) groups excluding carboxylic acids is 2. The Morgan fingerprint density at radius 1 is 1.32 bits per heavy atom. The van der Waals surface area contributed by atoms with Crippen LogP contribution in [0.3, 0.4) is 0 Å². The zero-order valence-electron chi connectivity index (χ0n) is 10.9. The van der Waals surface area contributed by atoms with Gasteiger partial charge in [0.25, 0.3) is 0 Å². The number of hydrogen-bond donors (Lipinski definition) is 0. The fraction of sp³-hybridized carbons (Fsp3) is 0.286. The van der Waals surface area contributed by atoms with Crippen LogP contribution in [0.15, 0.2) is 36.0 Å². The average Bonchev–Trinajstić information content (AvgIpc) is 2.86. The smallest absolute Gasteiger partial charge is 0.414 e. The van der Waals surface area contributed by atoms with Gasteiger partial charge in [-0.2, -0.15) is 0 Å². The Bertz CT molecular complexity index is 522. The van der Waals surface area contributed by atoms with Crippen molar-refractivity contribution in [2.45, 2.75) is 6.92 Å². The summed E-state index contributed by atoms with van der Waals surface area (Å²) < 4.78 is 9.64. The number of hydrogen-bond acceptors (Lipinski definition) is 4. The van der Waals surface area contributed by atoms with Crippen LogP contribution in [-0.2, 0) is 14.3 Å². The van der Waals surface area contributed by atoms with Crippen LogP contribution < -0.4 is 0 Å². The average molecular weight is 261 g/mol. The van der Waals surface area contributed by atoms with E-state index in [1.54, 1.807) is 6.92 Å². The summed E-state index contributed by atoms with van der Waals surface area (Å²) in [6, 6.07) is 9.38. The van der Waals surface area contributed by atoms with Gasteiger partial charge in [0.2, 0.25) is 0 Å². The normalized spacial score (nSPS) is 15.9. The van der Waals surface area contributed by atoms with E-state index in [0.29, 0.717) is 12.1 Å². The van der Waals surface area contributed by atoms with E-state index < -0.39 is 12.1 Å². The van der Waals surface area contributed by atoms with Gasteiger partial charge in [0.1, 0.15) is 12.3 Å². The molecule has 0 spiro atoms. The zero-order valence-corrected chi connectivity index (χ0v) is 10.9. The van der Waals surface area contributed by atoms with E-state index in [2.05, 4.69) is 0 Å². The molecular weight excluding hydrogens is 246 g/mol. The Kier molecular flexibility index (Phi) is 3.85. The van der Waals surface area contributed by atoms with Gasteiger partial charge in [-0.15, -0.1) is 0 Å². The van der Waals surface area contributed by atoms with Crippen LogP contribution >= 0.6 is 0 Å². The van der Waals surface area contributed by atoms with Crippen LogP contribution in [0.1, 0.15) is 12.5 Å². The zero-order chi connectivity index (χ0) is 13.8. The van der Waals surface area contributed by atoms with E-state index in [0.717, 1.165) is 5.56 Å². The SMILES string of the molecule is COC(=O)/C(=C(\C)c1ccccc1)N1CCOC1=O. The number of ether oxygens (including phenoxy) is 2. The molecule has 1 aliphatic rings. The van der Waals surface area contributed by atoms with Crippen LogP contribution in [-0.4, -0.2) is 37.2 Å². The molecule has 5 heteroatoms. The van der Waals surface area contributed by atoms with Gasteiger partial charge < -0.3 is 9.47 Å². The van der Waals surface area contributed by atoms with E-state index in [9.17, 15) is 9.59 Å². The van der Waals surface area contributed by atoms with Gasteiger partial charge >= 0.3 is 12.1 Å². The molecule has 1 saturated heterocycles. The molecular formula is C14H15NO4. The lowest BCUT2D eigenvalue weighted by atomic mass is 10.0. The Balaban J connectivity index is 2.48. The van der Waals surface area contributed by atoms with Gasteiger partial charge in [0.15, 0.2) is 0 Å². The lowest BCUT2D eigenvalue weighted by molar-refractivity contribution is -0.137. The fourth-order valence-corrected chi connectivity index (χ4v) is 1.98. The second-order valence-electron chi connectivity index (χ2n) is 4.10. The van der Waals surface area contributed by atoms with Crippen LogP contribution in [0.4, 0.5) is 4.79 Å². The molecule has 5 nitrogen and oxygen atoms in total. The molecule has 1 heterocycles. The Morgan fingerprint density at radius 2 is 2.00 bits per heavy atom. The monoisotopic (exact) mass is 261 g/mol. The third-order valence-corrected chi connectivity index (χ3v) is 2.97. The van der Waals surface area contributed by atoms with Crippen molar-refractivity contribution in [3.05, 3.63) is 41.6 Å². The molecule has 0 aromatic heterocycles. The predicted octanol–water partition coefficient (Wildman–Crippen LogP) is 2.04. The number of methoxy groups -OCH3 is 1. The number of amides is 1. The first-order chi connectivity index (χ1) is 9.15. The van der Waals surface area contributed by atoms with Crippen molar-refractivity contribution in [2.24, 2.45) is 0 Å². The first-order valence-electron chi connectivity index (χ1n) is 5.94. The first-order valence-corrected chi connectivity index (χ1v) is 5.94. The van der Waals surface area contributed by atoms with Crippen LogP contribution in [0, 0.1) is 0 Å². The van der Waals surface area contributed by atoms with Gasteiger partial charge in [0, 0.05) is 0 Å². The summed E-state index contributed by atoms with van der Waals surface area (Å²) in [5, 5.41) is 0. The minimum atomic E-state index is -0.541. The molecule has 1 aromatic carbocycles. The highest BCUT2D eigenvalue weighted by Gasteiger charge is 2.31. The number of cyclic esters (lactones) is 1. The third kappa shape index (κ3) is 2.59. The summed E-state index contributed by atoms with van der Waals surface area (Å²) in [4.78, 5) is 24.9. The van der Waals surface area contributed by atoms with Crippen molar-refractivity contribution in [3.8, 4) is 0 Å². The number of carbonyl (C=O) groups is 2. The lowest BCUT2D eigenvalue weighted by Crippen LogP contribution is -2.30. The van der Waals surface area contributed by atoms with Crippen molar-refractivity contribution in [3.63, 3.8) is 0 Å². The maximum absolute atomic E-state index is 11.9. The molecule has 2 rings (SSSR count). The minimum absolute atomic E-state index is 0.233. The molecule has 0 radical (unpaired) electrons. The molecule has 0 saturated carbocycles. The topological polar surface area (TPSA) is 55.8 Å². The van der Waals surface area contributed by atoms with E-state index in [1.165, 1.54) is 12.0 Å². The Labute approximate surface area is 111 Å². The summed E-state index contributed by atoms with van der Waals surface area (Å²) in [6.07, 6.45) is -0.518. The molecule has 0 N–H and O–H groups in total. The molecule has 1 aromatic rings. The summed E-state index contributed by atoms with van der Waals surface area (Å²) in [5.41, 5.74) is 1.78. The maximum Gasteiger partial charge on any atom is 0.414 e. The van der Waals surface area contributed by atoms with E-state index in [1.807, 2.05) is 30.3 Å². The minimum Gasteiger partial charge on any atom is -0.464 e. The molecule has 0 bridgehead atoms. The van der Waals surface area contributed by atoms with Gasteiger partial charge in [0.05, 0.1) is 13.7 Å². The fourth-order valence-electron chi connectivity index (χ4n) is 1.98. The number of esters is 1. The van der Waals surface area contributed by atoms with Crippen molar-refractivity contribution in [2.75, 3.05) is 20.3 Å². The first kappa shape index (κ1) is 13.1. The number of nitrogens with zero attached hydrogens (tertiary/aromatic N) is 1. The number of allylic oxidation sites excluding steroid dienone is 1. The highest BCUT2D eigenvalue weighted by molar-refractivity contribution is 6.00.